The van der Waals surface area contributed by atoms with Crippen molar-refractivity contribution in [2.75, 3.05) is 13.6 Å². The normalized spacial score (nSPS) is 11.7. The molecule has 0 bridgehead atoms. The summed E-state index contributed by atoms with van der Waals surface area (Å²) in [6, 6.07) is 8.30. The molecule has 0 unspecified atom stereocenters. The molecule has 0 saturated heterocycles. The number of fused-ring (bicyclic) bond motifs is 1. The molecule has 0 aliphatic heterocycles. The molecule has 2 rings (SSSR count). The van der Waals surface area contributed by atoms with Crippen LogP contribution in [0.2, 0.25) is 0 Å². The van der Waals surface area contributed by atoms with E-state index in [2.05, 4.69) is 39.9 Å². The van der Waals surface area contributed by atoms with E-state index in [0.717, 1.165) is 12.1 Å². The molecule has 0 radical (unpaired) electrons. The van der Waals surface area contributed by atoms with E-state index < -0.39 is 5.41 Å². The number of carbonyl (C=O) groups is 1. The second-order valence-corrected chi connectivity index (χ2v) is 5.43. The van der Waals surface area contributed by atoms with Crippen LogP contribution in [-0.4, -0.2) is 24.5 Å². The number of aromatic amines is 1. The molecule has 1 heterocycles. The fourth-order valence-corrected chi connectivity index (χ4v) is 2.23. The van der Waals surface area contributed by atoms with Crippen LogP contribution in [0.1, 0.15) is 19.4 Å². The van der Waals surface area contributed by atoms with Crippen LogP contribution in [0.5, 0.6) is 0 Å². The maximum Gasteiger partial charge on any atom is 0.226 e. The third-order valence-electron chi connectivity index (χ3n) is 3.40. The molecular weight excluding hydrogens is 238 g/mol. The largest absolute Gasteiger partial charge is 0.361 e. The molecule has 0 aliphatic rings. The standard InChI is InChI=1S/C15H21N3O/c1-15(2,14(19)16-3)10-17-9-12-6-4-5-11-7-8-18-13(11)12/h4-8,17-18H,9-10H2,1-3H3,(H,16,19). The highest BCUT2D eigenvalue weighted by atomic mass is 16.2. The third-order valence-corrected chi connectivity index (χ3v) is 3.40. The molecule has 0 spiro atoms. The summed E-state index contributed by atoms with van der Waals surface area (Å²) in [4.78, 5) is 14.9. The van der Waals surface area contributed by atoms with Crippen molar-refractivity contribution in [2.24, 2.45) is 5.41 Å². The molecule has 3 N–H and O–H groups in total. The maximum absolute atomic E-state index is 11.7. The molecule has 1 amide bonds. The highest BCUT2D eigenvalue weighted by Gasteiger charge is 2.25. The number of hydrogen-bond acceptors (Lipinski definition) is 2. The van der Waals surface area contributed by atoms with Gasteiger partial charge in [0.1, 0.15) is 0 Å². The highest BCUT2D eigenvalue weighted by molar-refractivity contribution is 5.83. The van der Waals surface area contributed by atoms with Crippen LogP contribution >= 0.6 is 0 Å². The van der Waals surface area contributed by atoms with E-state index in [4.69, 9.17) is 0 Å². The SMILES string of the molecule is CNC(=O)C(C)(C)CNCc1cccc2cc[nH]c12. The van der Waals surface area contributed by atoms with Gasteiger partial charge in [-0.3, -0.25) is 4.79 Å². The number of aromatic nitrogens is 1. The van der Waals surface area contributed by atoms with E-state index in [9.17, 15) is 4.79 Å². The molecular formula is C15H21N3O. The topological polar surface area (TPSA) is 56.9 Å². The summed E-state index contributed by atoms with van der Waals surface area (Å²) in [5, 5.41) is 7.27. The van der Waals surface area contributed by atoms with Gasteiger partial charge in [-0.25, -0.2) is 0 Å². The minimum absolute atomic E-state index is 0.0538. The van der Waals surface area contributed by atoms with Gasteiger partial charge in [0.25, 0.3) is 0 Å². The van der Waals surface area contributed by atoms with Crippen LogP contribution in [-0.2, 0) is 11.3 Å². The fourth-order valence-electron chi connectivity index (χ4n) is 2.23. The molecule has 0 saturated carbocycles. The summed E-state index contributed by atoms with van der Waals surface area (Å²) < 4.78 is 0. The average Bonchev–Trinajstić information content (AvgIpc) is 2.86. The predicted molar refractivity (Wildman–Crippen MR) is 77.9 cm³/mol. The number of nitrogens with one attached hydrogen (secondary N) is 3. The number of amides is 1. The highest BCUT2D eigenvalue weighted by Crippen LogP contribution is 2.18. The second kappa shape index (κ2) is 5.45. The summed E-state index contributed by atoms with van der Waals surface area (Å²) in [5.41, 5.74) is 1.97. The molecule has 4 heteroatoms. The first kappa shape index (κ1) is 13.6. The minimum Gasteiger partial charge on any atom is -0.361 e. The van der Waals surface area contributed by atoms with E-state index in [-0.39, 0.29) is 5.91 Å². The Morgan fingerprint density at radius 1 is 1.32 bits per heavy atom. The van der Waals surface area contributed by atoms with Crippen LogP contribution in [0.3, 0.4) is 0 Å². The van der Waals surface area contributed by atoms with Crippen LogP contribution in [0.25, 0.3) is 10.9 Å². The first-order valence-corrected chi connectivity index (χ1v) is 6.52. The van der Waals surface area contributed by atoms with Crippen molar-refractivity contribution in [1.82, 2.24) is 15.6 Å². The lowest BCUT2D eigenvalue weighted by Crippen LogP contribution is -2.41. The van der Waals surface area contributed by atoms with Crippen LogP contribution in [0, 0.1) is 5.41 Å². The number of H-pyrrole nitrogens is 1. The van der Waals surface area contributed by atoms with Crippen molar-refractivity contribution in [1.29, 1.82) is 0 Å². The third kappa shape index (κ3) is 2.96. The average molecular weight is 259 g/mol. The van der Waals surface area contributed by atoms with Crippen molar-refractivity contribution in [2.45, 2.75) is 20.4 Å². The van der Waals surface area contributed by atoms with Crippen molar-refractivity contribution in [3.8, 4) is 0 Å². The maximum atomic E-state index is 11.7. The monoisotopic (exact) mass is 259 g/mol. The number of rotatable bonds is 5. The lowest BCUT2D eigenvalue weighted by Gasteiger charge is -2.23. The molecule has 0 atom stereocenters. The van der Waals surface area contributed by atoms with Gasteiger partial charge >= 0.3 is 0 Å². The van der Waals surface area contributed by atoms with Gasteiger partial charge in [-0.05, 0) is 30.9 Å². The Balaban J connectivity index is 2.00. The van der Waals surface area contributed by atoms with Gasteiger partial charge in [0.15, 0.2) is 0 Å². The minimum atomic E-state index is -0.404. The molecule has 19 heavy (non-hydrogen) atoms. The van der Waals surface area contributed by atoms with Crippen molar-refractivity contribution < 1.29 is 4.79 Å². The van der Waals surface area contributed by atoms with E-state index in [0.29, 0.717) is 6.54 Å². The zero-order valence-electron chi connectivity index (χ0n) is 11.7. The molecule has 2 aromatic rings. The molecule has 102 valence electrons. The molecule has 0 fully saturated rings. The molecule has 0 aliphatic carbocycles. The number of hydrogen-bond donors (Lipinski definition) is 3. The number of para-hydroxylation sites is 1. The van der Waals surface area contributed by atoms with Crippen LogP contribution in [0.15, 0.2) is 30.5 Å². The van der Waals surface area contributed by atoms with Gasteiger partial charge < -0.3 is 15.6 Å². The van der Waals surface area contributed by atoms with E-state index in [1.165, 1.54) is 10.9 Å². The summed E-state index contributed by atoms with van der Waals surface area (Å²) in [6.45, 7) is 5.27. The Morgan fingerprint density at radius 2 is 2.11 bits per heavy atom. The van der Waals surface area contributed by atoms with Gasteiger partial charge in [-0.15, -0.1) is 0 Å². The first-order valence-electron chi connectivity index (χ1n) is 6.52. The quantitative estimate of drug-likeness (QED) is 0.769. The van der Waals surface area contributed by atoms with Crippen LogP contribution < -0.4 is 10.6 Å². The lowest BCUT2D eigenvalue weighted by molar-refractivity contribution is -0.128. The van der Waals surface area contributed by atoms with Gasteiger partial charge in [-0.1, -0.05) is 18.2 Å². The molecule has 4 nitrogen and oxygen atoms in total. The summed E-state index contributed by atoms with van der Waals surface area (Å²) in [5.74, 6) is 0.0538. The van der Waals surface area contributed by atoms with Gasteiger partial charge in [-0.2, -0.15) is 0 Å². The zero-order chi connectivity index (χ0) is 13.9. The summed E-state index contributed by atoms with van der Waals surface area (Å²) in [6.07, 6.45) is 1.95. The molecule has 1 aromatic carbocycles. The summed E-state index contributed by atoms with van der Waals surface area (Å²) >= 11 is 0. The Labute approximate surface area is 113 Å². The van der Waals surface area contributed by atoms with Gasteiger partial charge in [0.05, 0.1) is 5.41 Å². The van der Waals surface area contributed by atoms with Crippen molar-refractivity contribution in [3.63, 3.8) is 0 Å². The lowest BCUT2D eigenvalue weighted by atomic mass is 9.92. The smallest absolute Gasteiger partial charge is 0.226 e. The predicted octanol–water partition coefficient (Wildman–Crippen LogP) is 2.03. The molecule has 1 aromatic heterocycles. The second-order valence-electron chi connectivity index (χ2n) is 5.43. The van der Waals surface area contributed by atoms with E-state index >= 15 is 0 Å². The van der Waals surface area contributed by atoms with Gasteiger partial charge in [0, 0.05) is 31.9 Å². The zero-order valence-corrected chi connectivity index (χ0v) is 11.7. The Kier molecular flexibility index (Phi) is 3.90. The number of benzene rings is 1. The van der Waals surface area contributed by atoms with E-state index in [1.54, 1.807) is 7.05 Å². The Bertz CT molecular complexity index is 572. The van der Waals surface area contributed by atoms with Gasteiger partial charge in [0.2, 0.25) is 5.91 Å². The van der Waals surface area contributed by atoms with E-state index in [1.807, 2.05) is 20.0 Å². The van der Waals surface area contributed by atoms with Crippen LogP contribution in [0.4, 0.5) is 0 Å². The number of carbonyl (C=O) groups excluding carboxylic acids is 1. The first-order chi connectivity index (χ1) is 9.04. The van der Waals surface area contributed by atoms with Crippen molar-refractivity contribution in [3.05, 3.63) is 36.0 Å². The fraction of sp³-hybridized carbons (Fsp3) is 0.400. The van der Waals surface area contributed by atoms with Crippen molar-refractivity contribution >= 4 is 16.8 Å². The Hall–Kier alpha value is -1.81. The Morgan fingerprint density at radius 3 is 2.84 bits per heavy atom. The summed E-state index contributed by atoms with van der Waals surface area (Å²) in [7, 11) is 1.67.